The molecule has 1 rings (SSSR count). The maximum atomic E-state index is 5.88. The monoisotopic (exact) mass is 240 g/mol. The van der Waals surface area contributed by atoms with Gasteiger partial charge in [-0.25, -0.2) is 9.98 Å². The Balaban J connectivity index is 2.65. The van der Waals surface area contributed by atoms with Crippen LogP contribution in [0.25, 0.3) is 0 Å². The quantitative estimate of drug-likeness (QED) is 0.646. The number of thiazole rings is 1. The van der Waals surface area contributed by atoms with Crippen molar-refractivity contribution in [2.45, 2.75) is 34.2 Å². The molecule has 0 fully saturated rings. The van der Waals surface area contributed by atoms with E-state index in [9.17, 15) is 0 Å². The first-order valence-corrected chi connectivity index (χ1v) is 6.37. The van der Waals surface area contributed by atoms with Crippen molar-refractivity contribution in [3.8, 4) is 0 Å². The Morgan fingerprint density at radius 2 is 2.00 bits per heavy atom. The summed E-state index contributed by atoms with van der Waals surface area (Å²) in [7, 11) is 0. The fraction of sp³-hybridized carbons (Fsp3) is 0.636. The summed E-state index contributed by atoms with van der Waals surface area (Å²) in [4.78, 5) is 12.1. The van der Waals surface area contributed by atoms with Crippen LogP contribution >= 0.6 is 11.3 Å². The van der Waals surface area contributed by atoms with Crippen LogP contribution in [-0.4, -0.2) is 28.9 Å². The number of aromatic nitrogens is 1. The fourth-order valence-corrected chi connectivity index (χ4v) is 2.26. The third kappa shape index (κ3) is 3.20. The average Bonchev–Trinajstić information content (AvgIpc) is 2.57. The number of hydrogen-bond acceptors (Lipinski definition) is 3. The second kappa shape index (κ2) is 5.84. The van der Waals surface area contributed by atoms with Crippen LogP contribution in [0.5, 0.6) is 0 Å². The van der Waals surface area contributed by atoms with Crippen molar-refractivity contribution in [3.05, 3.63) is 15.6 Å². The molecular weight excluding hydrogens is 220 g/mol. The van der Waals surface area contributed by atoms with Crippen molar-refractivity contribution < 1.29 is 0 Å². The predicted molar refractivity (Wildman–Crippen MR) is 69.8 cm³/mol. The Labute approximate surface area is 101 Å². The molecule has 0 aromatic carbocycles. The Hall–Kier alpha value is -1.10. The summed E-state index contributed by atoms with van der Waals surface area (Å²) < 4.78 is 0. The molecule has 0 saturated carbocycles. The Morgan fingerprint density at radius 3 is 2.44 bits per heavy atom. The first kappa shape index (κ1) is 13.0. The zero-order chi connectivity index (χ0) is 12.1. The third-order valence-corrected chi connectivity index (χ3v) is 3.59. The molecule has 0 bridgehead atoms. The average molecular weight is 240 g/mol. The number of rotatable bonds is 4. The first-order valence-electron chi connectivity index (χ1n) is 5.56. The number of nitrogens with two attached hydrogens (primary N) is 1. The van der Waals surface area contributed by atoms with Crippen molar-refractivity contribution in [2.24, 2.45) is 10.7 Å². The van der Waals surface area contributed by atoms with E-state index in [-0.39, 0.29) is 0 Å². The minimum atomic E-state index is 0.585. The number of aliphatic imine (C=N–C) groups is 1. The highest BCUT2D eigenvalue weighted by Gasteiger charge is 2.05. The highest BCUT2D eigenvalue weighted by atomic mass is 32.1. The molecule has 0 aliphatic carbocycles. The van der Waals surface area contributed by atoms with Crippen molar-refractivity contribution >= 4 is 17.3 Å². The van der Waals surface area contributed by atoms with E-state index in [1.54, 1.807) is 11.3 Å². The van der Waals surface area contributed by atoms with E-state index >= 15 is 0 Å². The van der Waals surface area contributed by atoms with Gasteiger partial charge < -0.3 is 10.6 Å². The van der Waals surface area contributed by atoms with Crippen LogP contribution in [0, 0.1) is 13.8 Å². The van der Waals surface area contributed by atoms with Crippen molar-refractivity contribution in [3.63, 3.8) is 0 Å². The van der Waals surface area contributed by atoms with E-state index in [0.29, 0.717) is 12.5 Å². The summed E-state index contributed by atoms with van der Waals surface area (Å²) in [6, 6.07) is 0. The molecule has 2 N–H and O–H groups in total. The van der Waals surface area contributed by atoms with Gasteiger partial charge in [0.2, 0.25) is 0 Å². The van der Waals surface area contributed by atoms with Gasteiger partial charge in [-0.3, -0.25) is 0 Å². The van der Waals surface area contributed by atoms with Crippen LogP contribution in [0.3, 0.4) is 0 Å². The van der Waals surface area contributed by atoms with Crippen LogP contribution in [-0.2, 0) is 6.54 Å². The van der Waals surface area contributed by atoms with Crippen molar-refractivity contribution in [1.82, 2.24) is 9.88 Å². The molecule has 90 valence electrons. The lowest BCUT2D eigenvalue weighted by atomic mass is 10.4. The van der Waals surface area contributed by atoms with E-state index in [2.05, 4.69) is 30.7 Å². The van der Waals surface area contributed by atoms with E-state index in [1.807, 2.05) is 11.8 Å². The molecule has 0 spiro atoms. The SMILES string of the molecule is CCN(CC)C(N)=NCc1nc(C)c(C)s1. The number of hydrogen-bond donors (Lipinski definition) is 1. The fourth-order valence-electron chi connectivity index (χ4n) is 1.40. The summed E-state index contributed by atoms with van der Waals surface area (Å²) in [5.41, 5.74) is 6.98. The Bertz CT molecular complexity index is 347. The molecule has 0 amide bonds. The van der Waals surface area contributed by atoms with Gasteiger partial charge in [-0.2, -0.15) is 0 Å². The molecule has 1 heterocycles. The largest absolute Gasteiger partial charge is 0.370 e. The first-order chi connectivity index (χ1) is 7.58. The Morgan fingerprint density at radius 1 is 1.38 bits per heavy atom. The normalized spacial score (nSPS) is 11.9. The zero-order valence-electron chi connectivity index (χ0n) is 10.4. The van der Waals surface area contributed by atoms with Gasteiger partial charge >= 0.3 is 0 Å². The summed E-state index contributed by atoms with van der Waals surface area (Å²) >= 11 is 1.69. The van der Waals surface area contributed by atoms with Gasteiger partial charge in [0.05, 0.1) is 12.2 Å². The second-order valence-corrected chi connectivity index (χ2v) is 4.88. The number of guanidine groups is 1. The molecule has 1 aromatic rings. The lowest BCUT2D eigenvalue weighted by Gasteiger charge is -2.18. The Kier molecular flexibility index (Phi) is 4.73. The third-order valence-electron chi connectivity index (χ3n) is 2.54. The van der Waals surface area contributed by atoms with E-state index < -0.39 is 0 Å². The second-order valence-electron chi connectivity index (χ2n) is 3.60. The molecule has 1 aromatic heterocycles. The molecule has 0 aliphatic rings. The standard InChI is InChI=1S/C11H20N4S/c1-5-15(6-2)11(12)13-7-10-14-8(3)9(4)16-10/h5-7H2,1-4H3,(H2,12,13). The molecule has 0 radical (unpaired) electrons. The minimum Gasteiger partial charge on any atom is -0.370 e. The molecule has 5 heteroatoms. The molecule has 4 nitrogen and oxygen atoms in total. The topological polar surface area (TPSA) is 54.5 Å². The van der Waals surface area contributed by atoms with Crippen LogP contribution in [0.1, 0.15) is 29.4 Å². The van der Waals surface area contributed by atoms with Crippen LogP contribution in [0.15, 0.2) is 4.99 Å². The summed E-state index contributed by atoms with van der Waals surface area (Å²) in [5.74, 6) is 0.607. The van der Waals surface area contributed by atoms with Crippen molar-refractivity contribution in [1.29, 1.82) is 0 Å². The predicted octanol–water partition coefficient (Wildman–Crippen LogP) is 1.92. The lowest BCUT2D eigenvalue weighted by Crippen LogP contribution is -2.37. The molecule has 0 saturated heterocycles. The molecule has 0 unspecified atom stereocenters. The van der Waals surface area contributed by atoms with Crippen LogP contribution in [0.2, 0.25) is 0 Å². The zero-order valence-corrected chi connectivity index (χ0v) is 11.3. The number of nitrogens with zero attached hydrogens (tertiary/aromatic N) is 3. The van der Waals surface area contributed by atoms with Gasteiger partial charge in [0.15, 0.2) is 5.96 Å². The van der Waals surface area contributed by atoms with E-state index in [4.69, 9.17) is 5.73 Å². The smallest absolute Gasteiger partial charge is 0.191 e. The lowest BCUT2D eigenvalue weighted by molar-refractivity contribution is 0.458. The minimum absolute atomic E-state index is 0.585. The van der Waals surface area contributed by atoms with Gasteiger partial charge in [0, 0.05) is 18.0 Å². The van der Waals surface area contributed by atoms with Gasteiger partial charge in [0.1, 0.15) is 5.01 Å². The maximum Gasteiger partial charge on any atom is 0.191 e. The molecule has 16 heavy (non-hydrogen) atoms. The van der Waals surface area contributed by atoms with Crippen LogP contribution in [0.4, 0.5) is 0 Å². The van der Waals surface area contributed by atoms with Gasteiger partial charge in [-0.15, -0.1) is 11.3 Å². The number of aryl methyl sites for hydroxylation is 2. The van der Waals surface area contributed by atoms with Gasteiger partial charge in [0.25, 0.3) is 0 Å². The van der Waals surface area contributed by atoms with E-state index in [1.165, 1.54) is 4.88 Å². The molecule has 0 atom stereocenters. The van der Waals surface area contributed by atoms with Crippen LogP contribution < -0.4 is 5.73 Å². The van der Waals surface area contributed by atoms with Gasteiger partial charge in [-0.05, 0) is 27.7 Å². The maximum absolute atomic E-state index is 5.88. The molecule has 0 aliphatic heterocycles. The highest BCUT2D eigenvalue weighted by molar-refractivity contribution is 7.11. The van der Waals surface area contributed by atoms with E-state index in [0.717, 1.165) is 23.8 Å². The van der Waals surface area contributed by atoms with Crippen molar-refractivity contribution in [2.75, 3.05) is 13.1 Å². The molecular formula is C11H20N4S. The summed E-state index contributed by atoms with van der Waals surface area (Å²) in [6.45, 7) is 10.6. The van der Waals surface area contributed by atoms with Gasteiger partial charge in [-0.1, -0.05) is 0 Å². The summed E-state index contributed by atoms with van der Waals surface area (Å²) in [5, 5.41) is 1.03. The summed E-state index contributed by atoms with van der Waals surface area (Å²) in [6.07, 6.45) is 0. The highest BCUT2D eigenvalue weighted by Crippen LogP contribution is 2.16.